The third-order valence-electron chi connectivity index (χ3n) is 3.16. The van der Waals surface area contributed by atoms with Gasteiger partial charge in [-0.15, -0.1) is 0 Å². The van der Waals surface area contributed by atoms with Gasteiger partial charge in [-0.25, -0.2) is 0 Å². The van der Waals surface area contributed by atoms with Gasteiger partial charge >= 0.3 is 0 Å². The van der Waals surface area contributed by atoms with Crippen LogP contribution in [0, 0.1) is 0 Å². The smallest absolute Gasteiger partial charge is 0.108 e. The molecule has 0 bridgehead atoms. The van der Waals surface area contributed by atoms with Crippen LogP contribution in [0.3, 0.4) is 0 Å². The largest absolute Gasteiger partial charge is 0.385 e. The summed E-state index contributed by atoms with van der Waals surface area (Å²) in [6.07, 6.45) is 1.07. The quantitative estimate of drug-likeness (QED) is 0.883. The molecule has 0 aliphatic heterocycles. The average Bonchev–Trinajstić information content (AvgIpc) is 2.37. The fraction of sp³-hybridized carbons (Fsp3) is 0.357. The number of nitrogens with zero attached hydrogens (tertiary/aromatic N) is 1. The van der Waals surface area contributed by atoms with Crippen LogP contribution >= 0.6 is 0 Å². The number of ether oxygens (including phenoxy) is 1. The van der Waals surface area contributed by atoms with Gasteiger partial charge in [-0.3, -0.25) is 4.98 Å². The SMILES string of the molecule is COC(C)(C)C(O)c1cccc2ncccc12. The zero-order valence-corrected chi connectivity index (χ0v) is 10.3. The second-order valence-electron chi connectivity index (χ2n) is 4.63. The van der Waals surface area contributed by atoms with Gasteiger partial charge in [-0.1, -0.05) is 18.2 Å². The molecule has 1 atom stereocenters. The van der Waals surface area contributed by atoms with Crippen molar-refractivity contribution >= 4 is 10.9 Å². The number of aliphatic hydroxyl groups is 1. The van der Waals surface area contributed by atoms with E-state index in [4.69, 9.17) is 4.74 Å². The van der Waals surface area contributed by atoms with Gasteiger partial charge in [0.05, 0.1) is 11.1 Å². The highest BCUT2D eigenvalue weighted by Gasteiger charge is 2.29. The summed E-state index contributed by atoms with van der Waals surface area (Å²) < 4.78 is 5.33. The molecule has 0 amide bonds. The molecule has 2 aromatic rings. The maximum Gasteiger partial charge on any atom is 0.108 e. The van der Waals surface area contributed by atoms with E-state index in [9.17, 15) is 5.11 Å². The van der Waals surface area contributed by atoms with Gasteiger partial charge in [0, 0.05) is 18.7 Å². The number of hydrogen-bond donors (Lipinski definition) is 1. The van der Waals surface area contributed by atoms with E-state index in [1.165, 1.54) is 0 Å². The molecule has 1 N–H and O–H groups in total. The first-order valence-corrected chi connectivity index (χ1v) is 5.63. The monoisotopic (exact) mass is 231 g/mol. The van der Waals surface area contributed by atoms with Crippen molar-refractivity contribution in [1.82, 2.24) is 4.98 Å². The summed E-state index contributed by atoms with van der Waals surface area (Å²) in [5, 5.41) is 11.4. The van der Waals surface area contributed by atoms with E-state index in [2.05, 4.69) is 4.98 Å². The molecule has 1 heterocycles. The van der Waals surface area contributed by atoms with Gasteiger partial charge in [-0.05, 0) is 31.5 Å². The molecule has 0 saturated carbocycles. The Balaban J connectivity index is 2.56. The van der Waals surface area contributed by atoms with Crippen LogP contribution in [0.25, 0.3) is 10.9 Å². The molecule has 1 aromatic carbocycles. The van der Waals surface area contributed by atoms with Crippen molar-refractivity contribution in [3.8, 4) is 0 Å². The molecule has 1 unspecified atom stereocenters. The van der Waals surface area contributed by atoms with Gasteiger partial charge in [0.2, 0.25) is 0 Å². The first-order chi connectivity index (χ1) is 8.06. The van der Waals surface area contributed by atoms with E-state index in [1.54, 1.807) is 13.3 Å². The summed E-state index contributed by atoms with van der Waals surface area (Å²) in [5.41, 5.74) is 1.11. The average molecular weight is 231 g/mol. The summed E-state index contributed by atoms with van der Waals surface area (Å²) in [7, 11) is 1.60. The maximum absolute atomic E-state index is 10.4. The Bertz CT molecular complexity index is 517. The number of aromatic nitrogens is 1. The normalized spacial score (nSPS) is 13.9. The van der Waals surface area contributed by atoms with Crippen molar-refractivity contribution < 1.29 is 9.84 Å². The molecule has 17 heavy (non-hydrogen) atoms. The number of aliphatic hydroxyl groups excluding tert-OH is 1. The minimum Gasteiger partial charge on any atom is -0.385 e. The molecule has 0 saturated heterocycles. The number of fused-ring (bicyclic) bond motifs is 1. The van der Waals surface area contributed by atoms with Gasteiger partial charge < -0.3 is 9.84 Å². The Morgan fingerprint density at radius 1 is 1.24 bits per heavy atom. The fourth-order valence-corrected chi connectivity index (χ4v) is 1.85. The minimum absolute atomic E-state index is 0.621. The number of methoxy groups -OCH3 is 1. The van der Waals surface area contributed by atoms with Gasteiger partial charge in [0.25, 0.3) is 0 Å². The van der Waals surface area contributed by atoms with Crippen LogP contribution < -0.4 is 0 Å². The van der Waals surface area contributed by atoms with Gasteiger partial charge in [0.15, 0.2) is 0 Å². The van der Waals surface area contributed by atoms with Gasteiger partial charge in [0.1, 0.15) is 6.10 Å². The Labute approximate surface area is 101 Å². The summed E-state index contributed by atoms with van der Waals surface area (Å²) >= 11 is 0. The van der Waals surface area contributed by atoms with Crippen molar-refractivity contribution in [2.24, 2.45) is 0 Å². The van der Waals surface area contributed by atoms with Crippen molar-refractivity contribution in [2.75, 3.05) is 7.11 Å². The fourth-order valence-electron chi connectivity index (χ4n) is 1.85. The molecule has 0 aliphatic carbocycles. The molecule has 0 spiro atoms. The Hall–Kier alpha value is -1.45. The lowest BCUT2D eigenvalue weighted by Gasteiger charge is -2.29. The highest BCUT2D eigenvalue weighted by Crippen LogP contribution is 2.32. The lowest BCUT2D eigenvalue weighted by atomic mass is 9.92. The van der Waals surface area contributed by atoms with Crippen LogP contribution in [0.15, 0.2) is 36.5 Å². The van der Waals surface area contributed by atoms with Crippen molar-refractivity contribution in [2.45, 2.75) is 25.6 Å². The van der Waals surface area contributed by atoms with E-state index < -0.39 is 11.7 Å². The van der Waals surface area contributed by atoms with E-state index >= 15 is 0 Å². The molecule has 0 fully saturated rings. The van der Waals surface area contributed by atoms with E-state index in [0.29, 0.717) is 0 Å². The van der Waals surface area contributed by atoms with Crippen LogP contribution in [0.2, 0.25) is 0 Å². The van der Waals surface area contributed by atoms with Crippen LogP contribution in [0.4, 0.5) is 0 Å². The molecule has 2 rings (SSSR count). The zero-order chi connectivity index (χ0) is 12.5. The lowest BCUT2D eigenvalue weighted by molar-refractivity contribution is -0.0787. The highest BCUT2D eigenvalue weighted by atomic mass is 16.5. The molecule has 0 aliphatic rings. The highest BCUT2D eigenvalue weighted by molar-refractivity contribution is 5.82. The standard InChI is InChI=1S/C14H17NO2/c1-14(2,17-3)13(16)11-6-4-8-12-10(11)7-5-9-15-12/h4-9,13,16H,1-3H3. The molecule has 90 valence electrons. The summed E-state index contributed by atoms with van der Waals surface area (Å²) in [4.78, 5) is 4.28. The Kier molecular flexibility index (Phi) is 3.13. The first kappa shape index (κ1) is 12.0. The Morgan fingerprint density at radius 2 is 2.00 bits per heavy atom. The molecule has 3 heteroatoms. The molecule has 3 nitrogen and oxygen atoms in total. The van der Waals surface area contributed by atoms with E-state index in [0.717, 1.165) is 16.5 Å². The number of hydrogen-bond acceptors (Lipinski definition) is 3. The minimum atomic E-state index is -0.680. The maximum atomic E-state index is 10.4. The summed E-state index contributed by atoms with van der Waals surface area (Å²) in [6, 6.07) is 9.59. The summed E-state index contributed by atoms with van der Waals surface area (Å²) in [5.74, 6) is 0. The van der Waals surface area contributed by atoms with E-state index in [-0.39, 0.29) is 0 Å². The van der Waals surface area contributed by atoms with Crippen molar-refractivity contribution in [1.29, 1.82) is 0 Å². The topological polar surface area (TPSA) is 42.4 Å². The molecular formula is C14H17NO2. The zero-order valence-electron chi connectivity index (χ0n) is 10.3. The molecular weight excluding hydrogens is 214 g/mol. The predicted octanol–water partition coefficient (Wildman–Crippen LogP) is 2.69. The second kappa shape index (κ2) is 4.43. The second-order valence-corrected chi connectivity index (χ2v) is 4.63. The predicted molar refractivity (Wildman–Crippen MR) is 67.8 cm³/mol. The summed E-state index contributed by atoms with van der Waals surface area (Å²) in [6.45, 7) is 3.74. The lowest BCUT2D eigenvalue weighted by Crippen LogP contribution is -2.31. The van der Waals surface area contributed by atoms with Crippen LogP contribution in [-0.2, 0) is 4.74 Å². The van der Waals surface area contributed by atoms with Crippen LogP contribution in [0.1, 0.15) is 25.5 Å². The number of rotatable bonds is 3. The molecule has 1 aromatic heterocycles. The third kappa shape index (κ3) is 2.16. The van der Waals surface area contributed by atoms with Crippen molar-refractivity contribution in [3.05, 3.63) is 42.1 Å². The van der Waals surface area contributed by atoms with Crippen LogP contribution in [-0.4, -0.2) is 22.8 Å². The Morgan fingerprint density at radius 3 is 2.71 bits per heavy atom. The number of pyridine rings is 1. The van der Waals surface area contributed by atoms with Crippen molar-refractivity contribution in [3.63, 3.8) is 0 Å². The van der Waals surface area contributed by atoms with Crippen LogP contribution in [0.5, 0.6) is 0 Å². The van der Waals surface area contributed by atoms with Gasteiger partial charge in [-0.2, -0.15) is 0 Å². The van der Waals surface area contributed by atoms with E-state index in [1.807, 2.05) is 44.2 Å². The first-order valence-electron chi connectivity index (χ1n) is 5.63. The number of benzene rings is 1. The molecule has 0 radical (unpaired) electrons. The third-order valence-corrected chi connectivity index (χ3v) is 3.16.